The Kier molecular flexibility index (Phi) is 7.11. The highest BCUT2D eigenvalue weighted by Gasteiger charge is 2.07. The number of hydrazine groups is 1. The van der Waals surface area contributed by atoms with Crippen LogP contribution in [0.5, 0.6) is 11.5 Å². The summed E-state index contributed by atoms with van der Waals surface area (Å²) >= 11 is 0. The fraction of sp³-hybridized carbons (Fsp3) is 0.150. The second-order valence-corrected chi connectivity index (χ2v) is 5.68. The number of carbonyl (C=O) groups is 1. The molecule has 27 heavy (non-hydrogen) atoms. The first-order valence-corrected chi connectivity index (χ1v) is 8.21. The van der Waals surface area contributed by atoms with Gasteiger partial charge < -0.3 is 20.9 Å². The Morgan fingerprint density at radius 3 is 2.74 bits per heavy atom. The highest BCUT2D eigenvalue weighted by molar-refractivity contribution is 5.90. The van der Waals surface area contributed by atoms with Gasteiger partial charge in [0.25, 0.3) is 0 Å². The number of urea groups is 1. The normalized spacial score (nSPS) is 11.0. The van der Waals surface area contributed by atoms with Crippen LogP contribution in [0.4, 0.5) is 16.2 Å². The van der Waals surface area contributed by atoms with E-state index in [1.807, 2.05) is 0 Å². The zero-order chi connectivity index (χ0) is 19.6. The largest absolute Gasteiger partial charge is 0.506 e. The number of phenolic OH excluding ortho intramolecular Hbond substituents is 1. The molecule has 0 aromatic heterocycles. The number of amides is 2. The lowest BCUT2D eigenvalue weighted by Gasteiger charge is -2.13. The Bertz CT molecular complexity index is 828. The van der Waals surface area contributed by atoms with Crippen molar-refractivity contribution in [2.75, 3.05) is 17.3 Å². The van der Waals surface area contributed by atoms with E-state index in [1.54, 1.807) is 42.5 Å². The van der Waals surface area contributed by atoms with Crippen molar-refractivity contribution in [3.05, 3.63) is 60.7 Å². The second kappa shape index (κ2) is 9.75. The minimum absolute atomic E-state index is 0.00115. The number of hydrogen-bond acceptors (Lipinski definition) is 5. The average Bonchev–Trinajstić information content (AvgIpc) is 2.67. The molecule has 0 aliphatic heterocycles. The van der Waals surface area contributed by atoms with Gasteiger partial charge in [-0.2, -0.15) is 0 Å². The van der Waals surface area contributed by atoms with Gasteiger partial charge in [-0.15, -0.1) is 13.0 Å². The molecule has 2 aromatic rings. The van der Waals surface area contributed by atoms with Gasteiger partial charge in [0.1, 0.15) is 18.1 Å². The van der Waals surface area contributed by atoms with Gasteiger partial charge in [0, 0.05) is 11.7 Å². The maximum Gasteiger partial charge on any atom is 0.337 e. The molecule has 2 aromatic carbocycles. The Morgan fingerprint density at radius 2 is 2.07 bits per heavy atom. The molecule has 0 saturated carbocycles. The zero-order valence-corrected chi connectivity index (χ0v) is 14.7. The Labute approximate surface area is 158 Å². The summed E-state index contributed by atoms with van der Waals surface area (Å²) in [6.45, 7) is 3.82. The van der Waals surface area contributed by atoms with Crippen molar-refractivity contribution in [3.63, 3.8) is 0 Å². The van der Waals surface area contributed by atoms with Gasteiger partial charge in [-0.3, -0.25) is 10.9 Å². The van der Waals surface area contributed by atoms with E-state index in [9.17, 15) is 9.90 Å². The van der Waals surface area contributed by atoms with Crippen LogP contribution >= 0.6 is 0 Å². The highest BCUT2D eigenvalue weighted by Crippen LogP contribution is 2.24. The van der Waals surface area contributed by atoms with Gasteiger partial charge in [0.2, 0.25) is 0 Å². The summed E-state index contributed by atoms with van der Waals surface area (Å²) in [7, 11) is 0. The molecule has 140 valence electrons. The van der Waals surface area contributed by atoms with Crippen LogP contribution in [0, 0.1) is 12.3 Å². The molecule has 0 aliphatic rings. The smallest absolute Gasteiger partial charge is 0.337 e. The molecule has 7 nitrogen and oxygen atoms in total. The van der Waals surface area contributed by atoms with Crippen LogP contribution in [0.2, 0.25) is 0 Å². The molecule has 6 N–H and O–H groups in total. The van der Waals surface area contributed by atoms with Gasteiger partial charge >= 0.3 is 6.03 Å². The second-order valence-electron chi connectivity index (χ2n) is 5.68. The number of terminal acetylenes is 1. The average molecular weight is 366 g/mol. The summed E-state index contributed by atoms with van der Waals surface area (Å²) in [5.74, 6) is 2.98. The SMILES string of the molecule is C#CCOc1ccc(NC(=O)NNc2cc(C[C@H](N)C=C)ccc2O)cc1. The number of nitrogens with two attached hydrogens (primary N) is 1. The topological polar surface area (TPSA) is 109 Å². The quantitative estimate of drug-likeness (QED) is 0.214. The van der Waals surface area contributed by atoms with Crippen molar-refractivity contribution in [3.8, 4) is 23.8 Å². The predicted molar refractivity (Wildman–Crippen MR) is 107 cm³/mol. The van der Waals surface area contributed by atoms with Crippen molar-refractivity contribution in [2.45, 2.75) is 12.5 Å². The molecular formula is C20H22N4O3. The molecule has 0 bridgehead atoms. The molecule has 7 heteroatoms. The van der Waals surface area contributed by atoms with E-state index in [4.69, 9.17) is 16.9 Å². The summed E-state index contributed by atoms with van der Waals surface area (Å²) in [5, 5.41) is 12.6. The van der Waals surface area contributed by atoms with Crippen molar-refractivity contribution in [1.82, 2.24) is 5.43 Å². The third-order valence-corrected chi connectivity index (χ3v) is 3.58. The lowest BCUT2D eigenvalue weighted by Crippen LogP contribution is -2.33. The molecule has 0 spiro atoms. The van der Waals surface area contributed by atoms with E-state index >= 15 is 0 Å². The highest BCUT2D eigenvalue weighted by atomic mass is 16.5. The first kappa shape index (κ1) is 19.7. The van der Waals surface area contributed by atoms with Crippen LogP contribution in [0.15, 0.2) is 55.1 Å². The first-order valence-electron chi connectivity index (χ1n) is 8.21. The molecule has 2 rings (SSSR count). The molecule has 0 aliphatic carbocycles. The summed E-state index contributed by atoms with van der Waals surface area (Å²) in [5.41, 5.74) is 12.8. The molecule has 0 saturated heterocycles. The number of aromatic hydroxyl groups is 1. The van der Waals surface area contributed by atoms with Crippen LogP contribution < -0.4 is 26.6 Å². The lowest BCUT2D eigenvalue weighted by molar-refractivity contribution is 0.254. The fourth-order valence-corrected chi connectivity index (χ4v) is 2.21. The van der Waals surface area contributed by atoms with Crippen molar-refractivity contribution >= 4 is 17.4 Å². The van der Waals surface area contributed by atoms with Crippen LogP contribution in [0.3, 0.4) is 0 Å². The van der Waals surface area contributed by atoms with Crippen molar-refractivity contribution in [1.29, 1.82) is 0 Å². The third-order valence-electron chi connectivity index (χ3n) is 3.58. The molecule has 0 heterocycles. The molecule has 2 amide bonds. The molecule has 0 fully saturated rings. The van der Waals surface area contributed by atoms with Crippen LogP contribution in [0.25, 0.3) is 0 Å². The van der Waals surface area contributed by atoms with E-state index in [-0.39, 0.29) is 18.4 Å². The maximum atomic E-state index is 12.0. The van der Waals surface area contributed by atoms with E-state index in [0.29, 0.717) is 23.5 Å². The minimum Gasteiger partial charge on any atom is -0.506 e. The minimum atomic E-state index is -0.500. The number of carbonyl (C=O) groups excluding carboxylic acids is 1. The number of phenols is 1. The first-order chi connectivity index (χ1) is 13.0. The maximum absolute atomic E-state index is 12.0. The third kappa shape index (κ3) is 6.30. The fourth-order valence-electron chi connectivity index (χ4n) is 2.21. The Hall–Kier alpha value is -3.63. The number of hydrogen-bond donors (Lipinski definition) is 5. The van der Waals surface area contributed by atoms with E-state index in [2.05, 4.69) is 28.7 Å². The Morgan fingerprint density at radius 1 is 1.33 bits per heavy atom. The number of benzene rings is 2. The molecular weight excluding hydrogens is 344 g/mol. The van der Waals surface area contributed by atoms with Gasteiger partial charge in [0.15, 0.2) is 0 Å². The van der Waals surface area contributed by atoms with Gasteiger partial charge in [0.05, 0.1) is 5.69 Å². The number of ether oxygens (including phenoxy) is 1. The van der Waals surface area contributed by atoms with E-state index < -0.39 is 6.03 Å². The molecule has 0 radical (unpaired) electrons. The zero-order valence-electron chi connectivity index (χ0n) is 14.7. The standard InChI is InChI=1S/C20H22N4O3/c1-3-11-27-17-8-6-16(7-9-17)22-20(26)24-23-18-13-14(5-10-19(18)25)12-15(21)4-2/h1,4-10,13,15,23,25H,2,11-12,21H2,(H2,22,24,26)/t15-/m1/s1. The number of rotatable bonds is 8. The van der Waals surface area contributed by atoms with Crippen LogP contribution in [-0.4, -0.2) is 23.8 Å². The predicted octanol–water partition coefficient (Wildman–Crippen LogP) is 2.61. The summed E-state index contributed by atoms with van der Waals surface area (Å²) in [4.78, 5) is 12.0. The summed E-state index contributed by atoms with van der Waals surface area (Å²) in [6.07, 6.45) is 7.34. The Balaban J connectivity index is 1.90. The van der Waals surface area contributed by atoms with E-state index in [0.717, 1.165) is 5.56 Å². The monoisotopic (exact) mass is 366 g/mol. The van der Waals surface area contributed by atoms with Crippen LogP contribution in [0.1, 0.15) is 5.56 Å². The summed E-state index contributed by atoms with van der Waals surface area (Å²) in [6, 6.07) is 11.1. The van der Waals surface area contributed by atoms with Gasteiger partial charge in [-0.05, 0) is 48.4 Å². The van der Waals surface area contributed by atoms with Crippen molar-refractivity contribution in [2.24, 2.45) is 5.73 Å². The van der Waals surface area contributed by atoms with Crippen molar-refractivity contribution < 1.29 is 14.6 Å². The van der Waals surface area contributed by atoms with Crippen LogP contribution in [-0.2, 0) is 6.42 Å². The summed E-state index contributed by atoms with van der Waals surface area (Å²) < 4.78 is 5.26. The molecule has 1 atom stereocenters. The van der Waals surface area contributed by atoms with Gasteiger partial charge in [-0.1, -0.05) is 18.1 Å². The molecule has 0 unspecified atom stereocenters. The van der Waals surface area contributed by atoms with Gasteiger partial charge in [-0.25, -0.2) is 4.79 Å². The number of nitrogens with one attached hydrogen (secondary N) is 3. The number of anilines is 2. The van der Waals surface area contributed by atoms with E-state index in [1.165, 1.54) is 6.07 Å². The lowest BCUT2D eigenvalue weighted by atomic mass is 10.1.